The second kappa shape index (κ2) is 5.09. The van der Waals surface area contributed by atoms with Crippen LogP contribution in [0.15, 0.2) is 50.1 Å². The van der Waals surface area contributed by atoms with Crippen LogP contribution in [0.5, 0.6) is 0 Å². The monoisotopic (exact) mass is 372 g/mol. The molecular formula is C17H13BrN2O3. The Labute approximate surface area is 139 Å². The average molecular weight is 373 g/mol. The fourth-order valence-corrected chi connectivity index (χ4v) is 3.62. The number of aromatic nitrogens is 1. The highest BCUT2D eigenvalue weighted by Gasteiger charge is 2.31. The minimum Gasteiger partial charge on any atom is -0.405 e. The molecule has 1 heterocycles. The number of halogens is 1. The zero-order valence-corrected chi connectivity index (χ0v) is 13.7. The number of carbonyl (C=O) groups excluding carboxylic acids is 1. The maximum Gasteiger partial charge on any atom is 0.426 e. The van der Waals surface area contributed by atoms with Crippen LogP contribution < -0.4 is 11.5 Å². The van der Waals surface area contributed by atoms with Crippen molar-refractivity contribution in [2.75, 3.05) is 5.73 Å². The number of carbonyl (C=O) groups is 1. The zero-order chi connectivity index (χ0) is 16.1. The number of oxazole rings is 1. The van der Waals surface area contributed by atoms with E-state index in [9.17, 15) is 9.59 Å². The molecule has 5 nitrogen and oxygen atoms in total. The molecule has 2 aromatic carbocycles. The number of nitrogens with zero attached hydrogens (tertiary/aromatic N) is 1. The number of nitrogens with two attached hydrogens (primary N) is 1. The van der Waals surface area contributed by atoms with E-state index < -0.39 is 5.76 Å². The number of benzene rings is 2. The molecule has 1 unspecified atom stereocenters. The van der Waals surface area contributed by atoms with Crippen LogP contribution in [0.1, 0.15) is 15.9 Å². The first-order chi connectivity index (χ1) is 11.0. The summed E-state index contributed by atoms with van der Waals surface area (Å²) < 4.78 is 7.26. The van der Waals surface area contributed by atoms with E-state index in [-0.39, 0.29) is 17.4 Å². The van der Waals surface area contributed by atoms with Crippen LogP contribution in [0, 0.1) is 5.92 Å². The summed E-state index contributed by atoms with van der Waals surface area (Å²) in [5, 5.41) is 0. The molecule has 3 aromatic rings. The second-order valence-electron chi connectivity index (χ2n) is 5.76. The molecule has 1 atom stereocenters. The minimum absolute atomic E-state index is 0.244. The first-order valence-electron chi connectivity index (χ1n) is 7.26. The Morgan fingerprint density at radius 2 is 2.00 bits per heavy atom. The molecule has 0 aliphatic heterocycles. The number of hydrogen-bond acceptors (Lipinski definition) is 4. The molecule has 1 aromatic heterocycles. The van der Waals surface area contributed by atoms with Crippen LogP contribution in [0.25, 0.3) is 11.1 Å². The van der Waals surface area contributed by atoms with E-state index >= 15 is 0 Å². The highest BCUT2D eigenvalue weighted by molar-refractivity contribution is 9.10. The first kappa shape index (κ1) is 14.3. The van der Waals surface area contributed by atoms with Crippen molar-refractivity contribution in [3.63, 3.8) is 0 Å². The molecule has 0 amide bonds. The topological polar surface area (TPSA) is 78.2 Å². The largest absolute Gasteiger partial charge is 0.426 e. The summed E-state index contributed by atoms with van der Waals surface area (Å²) in [7, 11) is 0. The molecule has 0 spiro atoms. The molecule has 6 heteroatoms. The van der Waals surface area contributed by atoms with Crippen molar-refractivity contribution in [3.05, 3.63) is 62.5 Å². The lowest BCUT2D eigenvalue weighted by Gasteiger charge is -2.07. The van der Waals surface area contributed by atoms with Gasteiger partial charge < -0.3 is 10.2 Å². The molecule has 0 saturated heterocycles. The van der Waals surface area contributed by atoms with E-state index in [1.807, 2.05) is 18.2 Å². The third-order valence-corrected chi connectivity index (χ3v) is 4.80. The molecule has 0 radical (unpaired) electrons. The van der Waals surface area contributed by atoms with Gasteiger partial charge in [0.15, 0.2) is 5.58 Å². The third-order valence-electron chi connectivity index (χ3n) is 4.31. The van der Waals surface area contributed by atoms with E-state index in [0.29, 0.717) is 24.0 Å². The molecule has 2 N–H and O–H groups in total. The highest BCUT2D eigenvalue weighted by atomic mass is 79.9. The lowest BCUT2D eigenvalue weighted by Crippen LogP contribution is -2.29. The van der Waals surface area contributed by atoms with Crippen LogP contribution in [-0.2, 0) is 12.8 Å². The Morgan fingerprint density at radius 3 is 2.83 bits per heavy atom. The summed E-state index contributed by atoms with van der Waals surface area (Å²) in [6.07, 6.45) is 1.25. The number of hydrogen-bond donors (Lipinski definition) is 1. The fraction of sp³-hybridized carbons (Fsp3) is 0.176. The van der Waals surface area contributed by atoms with Crippen LogP contribution in [0.2, 0.25) is 0 Å². The average Bonchev–Trinajstić information content (AvgIpc) is 3.07. The van der Waals surface area contributed by atoms with E-state index in [4.69, 9.17) is 10.2 Å². The van der Waals surface area contributed by atoms with Gasteiger partial charge in [0, 0.05) is 10.4 Å². The second-order valence-corrected chi connectivity index (χ2v) is 6.67. The van der Waals surface area contributed by atoms with Crippen molar-refractivity contribution in [2.24, 2.45) is 5.92 Å². The van der Waals surface area contributed by atoms with Crippen molar-refractivity contribution in [3.8, 4) is 0 Å². The summed E-state index contributed by atoms with van der Waals surface area (Å²) in [6.45, 7) is 0. The first-order valence-corrected chi connectivity index (χ1v) is 8.05. The third kappa shape index (κ3) is 2.21. The lowest BCUT2D eigenvalue weighted by molar-refractivity contribution is 0.0835. The molecular weight excluding hydrogens is 360 g/mol. The van der Waals surface area contributed by atoms with Gasteiger partial charge in [-0.3, -0.25) is 4.79 Å². The minimum atomic E-state index is -0.681. The van der Waals surface area contributed by atoms with Crippen molar-refractivity contribution >= 4 is 38.6 Å². The highest BCUT2D eigenvalue weighted by Crippen LogP contribution is 2.31. The number of nitrogen functional groups attached to an aromatic ring is 1. The fourth-order valence-electron chi connectivity index (χ4n) is 3.21. The number of fused-ring (bicyclic) bond motifs is 2. The summed E-state index contributed by atoms with van der Waals surface area (Å²) in [6, 6.07) is 11.0. The van der Waals surface area contributed by atoms with E-state index in [1.165, 1.54) is 0 Å². The quantitative estimate of drug-likeness (QED) is 0.666. The predicted octanol–water partition coefficient (Wildman–Crippen LogP) is 2.99. The molecule has 1 aliphatic rings. The number of para-hydroxylation sites is 1. The lowest BCUT2D eigenvalue weighted by atomic mass is 10.1. The molecule has 116 valence electrons. The van der Waals surface area contributed by atoms with Gasteiger partial charge in [0.2, 0.25) is 5.91 Å². The van der Waals surface area contributed by atoms with Gasteiger partial charge in [-0.2, -0.15) is 0 Å². The number of rotatable bonds is 1. The van der Waals surface area contributed by atoms with Crippen LogP contribution in [-0.4, -0.2) is 10.5 Å². The Hall–Kier alpha value is -2.34. The molecule has 0 fully saturated rings. The Kier molecular flexibility index (Phi) is 3.16. The molecule has 23 heavy (non-hydrogen) atoms. The van der Waals surface area contributed by atoms with Gasteiger partial charge in [-0.25, -0.2) is 9.36 Å². The van der Waals surface area contributed by atoms with Crippen molar-refractivity contribution in [1.29, 1.82) is 0 Å². The normalized spacial score (nSPS) is 16.7. The van der Waals surface area contributed by atoms with Crippen molar-refractivity contribution in [1.82, 2.24) is 4.57 Å². The van der Waals surface area contributed by atoms with E-state index in [0.717, 1.165) is 20.2 Å². The number of anilines is 1. The molecule has 1 aliphatic carbocycles. The smallest absolute Gasteiger partial charge is 0.405 e. The summed E-state index contributed by atoms with van der Waals surface area (Å²) in [5.74, 6) is -1.19. The maximum absolute atomic E-state index is 12.9. The molecule has 0 saturated carbocycles. The van der Waals surface area contributed by atoms with Crippen molar-refractivity contribution < 1.29 is 9.21 Å². The summed E-state index contributed by atoms with van der Waals surface area (Å²) in [5.41, 5.74) is 9.14. The van der Waals surface area contributed by atoms with Gasteiger partial charge >= 0.3 is 5.76 Å². The van der Waals surface area contributed by atoms with Crippen LogP contribution >= 0.6 is 15.9 Å². The van der Waals surface area contributed by atoms with E-state index in [1.54, 1.807) is 18.2 Å². The molecule has 4 rings (SSSR count). The van der Waals surface area contributed by atoms with Gasteiger partial charge in [0.25, 0.3) is 0 Å². The van der Waals surface area contributed by atoms with Gasteiger partial charge in [0.1, 0.15) is 5.52 Å². The Balaban J connectivity index is 1.76. The standard InChI is InChI=1S/C17H13BrN2O3/c18-12-5-4-9-6-11(7-10(9)8-12)16(21)20-14-3-1-2-13(19)15(14)23-17(20)22/h1-5,8,11H,6-7,19H2. The van der Waals surface area contributed by atoms with Crippen molar-refractivity contribution in [2.45, 2.75) is 12.8 Å². The summed E-state index contributed by atoms with van der Waals surface area (Å²) in [4.78, 5) is 25.0. The molecule has 0 bridgehead atoms. The predicted molar refractivity (Wildman–Crippen MR) is 90.6 cm³/mol. The summed E-state index contributed by atoms with van der Waals surface area (Å²) >= 11 is 3.44. The van der Waals surface area contributed by atoms with Gasteiger partial charge in [-0.15, -0.1) is 0 Å². The Morgan fingerprint density at radius 1 is 1.22 bits per heavy atom. The van der Waals surface area contributed by atoms with E-state index in [2.05, 4.69) is 15.9 Å². The SMILES string of the molecule is Nc1cccc2c1oc(=O)n2C(=O)C1Cc2ccc(Br)cc2C1. The van der Waals surface area contributed by atoms with Crippen LogP contribution in [0.4, 0.5) is 5.69 Å². The zero-order valence-electron chi connectivity index (χ0n) is 12.1. The Bertz CT molecular complexity index is 1000. The van der Waals surface area contributed by atoms with Gasteiger partial charge in [-0.1, -0.05) is 28.1 Å². The van der Waals surface area contributed by atoms with Gasteiger partial charge in [0.05, 0.1) is 5.69 Å². The maximum atomic E-state index is 12.9. The van der Waals surface area contributed by atoms with Gasteiger partial charge in [-0.05, 0) is 48.2 Å². The van der Waals surface area contributed by atoms with Crippen LogP contribution in [0.3, 0.4) is 0 Å².